The summed E-state index contributed by atoms with van der Waals surface area (Å²) in [6.45, 7) is 0. The van der Waals surface area contributed by atoms with Crippen LogP contribution >= 0.6 is 11.6 Å². The second kappa shape index (κ2) is 3.31. The van der Waals surface area contributed by atoms with E-state index in [-0.39, 0.29) is 0 Å². The Balaban J connectivity index is 2.36. The fraction of sp³-hybridized carbons (Fsp3) is 0.111. The van der Waals surface area contributed by atoms with Gasteiger partial charge in [0.1, 0.15) is 0 Å². The molecule has 0 aliphatic carbocycles. The molecule has 4 nitrogen and oxygen atoms in total. The fourth-order valence-corrected chi connectivity index (χ4v) is 1.42. The number of benzene rings is 1. The van der Waals surface area contributed by atoms with Gasteiger partial charge in [-0.2, -0.15) is 0 Å². The highest BCUT2D eigenvalue weighted by Gasteiger charge is 2.37. The number of hydrogen-bond acceptors (Lipinski definition) is 4. The predicted molar refractivity (Wildman–Crippen MR) is 46.8 cm³/mol. The van der Waals surface area contributed by atoms with Crippen molar-refractivity contribution in [2.45, 2.75) is 6.10 Å². The molecule has 14 heavy (non-hydrogen) atoms. The summed E-state index contributed by atoms with van der Waals surface area (Å²) in [6.07, 6.45) is -2.02. The molecule has 1 aliphatic heterocycles. The second-order valence-corrected chi connectivity index (χ2v) is 3.10. The molecule has 1 saturated heterocycles. The first-order chi connectivity index (χ1) is 6.68. The van der Waals surface area contributed by atoms with Gasteiger partial charge in [0.05, 0.1) is 0 Å². The van der Waals surface area contributed by atoms with Crippen LogP contribution in [0.5, 0.6) is 0 Å². The lowest BCUT2D eigenvalue weighted by Gasteiger charge is -2.05. The number of carbonyl (C=O) groups is 2. The van der Waals surface area contributed by atoms with Crippen LogP contribution in [0.4, 0.5) is 4.79 Å². The van der Waals surface area contributed by atoms with Crippen LogP contribution in [0.1, 0.15) is 11.7 Å². The quantitative estimate of drug-likeness (QED) is 0.528. The SMILES string of the molecule is O=C1OC(=O)C(c2ccccc2Cl)O1. The third-order valence-electron chi connectivity index (χ3n) is 1.80. The highest BCUT2D eigenvalue weighted by molar-refractivity contribution is 6.31. The Hall–Kier alpha value is -1.55. The molecule has 1 heterocycles. The average Bonchev–Trinajstić information content (AvgIpc) is 2.46. The fourth-order valence-electron chi connectivity index (χ4n) is 1.18. The molecular formula is C9H5ClO4. The van der Waals surface area contributed by atoms with Gasteiger partial charge < -0.3 is 9.47 Å². The molecule has 1 aliphatic rings. The zero-order valence-electron chi connectivity index (χ0n) is 6.90. The Morgan fingerprint density at radius 2 is 1.93 bits per heavy atom. The lowest BCUT2D eigenvalue weighted by molar-refractivity contribution is -0.136. The number of ether oxygens (including phenoxy) is 2. The average molecular weight is 213 g/mol. The van der Waals surface area contributed by atoms with Crippen molar-refractivity contribution in [3.63, 3.8) is 0 Å². The molecule has 0 aromatic heterocycles. The Morgan fingerprint density at radius 3 is 2.50 bits per heavy atom. The molecule has 0 bridgehead atoms. The summed E-state index contributed by atoms with van der Waals surface area (Å²) >= 11 is 5.82. The van der Waals surface area contributed by atoms with E-state index in [0.29, 0.717) is 10.6 Å². The summed E-state index contributed by atoms with van der Waals surface area (Å²) in [5.74, 6) is -0.733. The first kappa shape index (κ1) is 9.02. The van der Waals surface area contributed by atoms with E-state index < -0.39 is 18.2 Å². The summed E-state index contributed by atoms with van der Waals surface area (Å²) < 4.78 is 8.87. The zero-order valence-corrected chi connectivity index (χ0v) is 7.65. The molecule has 1 unspecified atom stereocenters. The molecule has 1 aromatic rings. The second-order valence-electron chi connectivity index (χ2n) is 2.69. The first-order valence-electron chi connectivity index (χ1n) is 3.85. The molecule has 0 N–H and O–H groups in total. The first-order valence-corrected chi connectivity index (χ1v) is 4.23. The topological polar surface area (TPSA) is 52.6 Å². The highest BCUT2D eigenvalue weighted by atomic mass is 35.5. The largest absolute Gasteiger partial charge is 0.517 e. The van der Waals surface area contributed by atoms with Crippen LogP contribution < -0.4 is 0 Å². The Labute approximate surface area is 84.4 Å². The van der Waals surface area contributed by atoms with Gasteiger partial charge >= 0.3 is 12.1 Å². The molecule has 72 valence electrons. The van der Waals surface area contributed by atoms with Crippen LogP contribution in [-0.2, 0) is 14.3 Å². The molecule has 1 fully saturated rings. The molecule has 1 aromatic carbocycles. The maximum Gasteiger partial charge on any atom is 0.517 e. The van der Waals surface area contributed by atoms with Gasteiger partial charge in [-0.15, -0.1) is 0 Å². The number of hydrogen-bond donors (Lipinski definition) is 0. The maximum absolute atomic E-state index is 11.1. The van der Waals surface area contributed by atoms with Gasteiger partial charge in [-0.1, -0.05) is 29.8 Å². The summed E-state index contributed by atoms with van der Waals surface area (Å²) in [6, 6.07) is 6.62. The number of rotatable bonds is 1. The normalized spacial score (nSPS) is 20.5. The molecular weight excluding hydrogens is 208 g/mol. The van der Waals surface area contributed by atoms with Gasteiger partial charge in [-0.3, -0.25) is 0 Å². The minimum Gasteiger partial charge on any atom is -0.413 e. The van der Waals surface area contributed by atoms with E-state index in [1.165, 1.54) is 0 Å². The zero-order chi connectivity index (χ0) is 10.1. The van der Waals surface area contributed by atoms with E-state index in [2.05, 4.69) is 9.47 Å². The maximum atomic E-state index is 11.1. The predicted octanol–water partition coefficient (Wildman–Crippen LogP) is 2.07. The van der Waals surface area contributed by atoms with Gasteiger partial charge in [0.25, 0.3) is 0 Å². The summed E-state index contributed by atoms with van der Waals surface area (Å²) in [4.78, 5) is 21.8. The molecule has 0 spiro atoms. The number of halogens is 1. The Bertz CT molecular complexity index is 402. The van der Waals surface area contributed by atoms with Crippen molar-refractivity contribution in [1.82, 2.24) is 0 Å². The van der Waals surface area contributed by atoms with E-state index in [4.69, 9.17) is 11.6 Å². The van der Waals surface area contributed by atoms with Crippen LogP contribution in [0.25, 0.3) is 0 Å². The Morgan fingerprint density at radius 1 is 1.21 bits per heavy atom. The summed E-state index contributed by atoms with van der Waals surface area (Å²) in [5.41, 5.74) is 0.435. The minimum absolute atomic E-state index is 0.365. The van der Waals surface area contributed by atoms with E-state index in [9.17, 15) is 9.59 Å². The summed E-state index contributed by atoms with van der Waals surface area (Å²) in [7, 11) is 0. The lowest BCUT2D eigenvalue weighted by atomic mass is 10.1. The molecule has 0 amide bonds. The molecule has 5 heteroatoms. The van der Waals surface area contributed by atoms with Crippen LogP contribution in [-0.4, -0.2) is 12.1 Å². The van der Waals surface area contributed by atoms with Crippen LogP contribution in [0.3, 0.4) is 0 Å². The third-order valence-corrected chi connectivity index (χ3v) is 2.14. The van der Waals surface area contributed by atoms with Crippen molar-refractivity contribution < 1.29 is 19.1 Å². The number of esters is 1. The van der Waals surface area contributed by atoms with Crippen molar-refractivity contribution in [2.24, 2.45) is 0 Å². The van der Waals surface area contributed by atoms with Crippen molar-refractivity contribution in [3.8, 4) is 0 Å². The molecule has 1 atom stereocenters. The Kier molecular flexibility index (Phi) is 2.13. The van der Waals surface area contributed by atoms with E-state index in [0.717, 1.165) is 0 Å². The van der Waals surface area contributed by atoms with E-state index >= 15 is 0 Å². The molecule has 0 saturated carbocycles. The van der Waals surface area contributed by atoms with Crippen LogP contribution in [0, 0.1) is 0 Å². The third kappa shape index (κ3) is 1.44. The van der Waals surface area contributed by atoms with Gasteiger partial charge in [-0.05, 0) is 6.07 Å². The standard InChI is InChI=1S/C9H5ClO4/c10-6-4-2-1-3-5(6)7-8(11)14-9(12)13-7/h1-4,7H. The highest BCUT2D eigenvalue weighted by Crippen LogP contribution is 2.30. The van der Waals surface area contributed by atoms with Crippen molar-refractivity contribution in [2.75, 3.05) is 0 Å². The van der Waals surface area contributed by atoms with Gasteiger partial charge in [0.2, 0.25) is 6.10 Å². The smallest absolute Gasteiger partial charge is 0.413 e. The van der Waals surface area contributed by atoms with Crippen LogP contribution in [0.2, 0.25) is 5.02 Å². The van der Waals surface area contributed by atoms with Gasteiger partial charge in [0, 0.05) is 10.6 Å². The monoisotopic (exact) mass is 212 g/mol. The van der Waals surface area contributed by atoms with Crippen LogP contribution in [0.15, 0.2) is 24.3 Å². The summed E-state index contributed by atoms with van der Waals surface area (Å²) in [5, 5.41) is 0.365. The molecule has 2 rings (SSSR count). The van der Waals surface area contributed by atoms with Gasteiger partial charge in [-0.25, -0.2) is 9.59 Å². The van der Waals surface area contributed by atoms with E-state index in [1.807, 2.05) is 0 Å². The molecule has 0 radical (unpaired) electrons. The van der Waals surface area contributed by atoms with E-state index in [1.54, 1.807) is 24.3 Å². The van der Waals surface area contributed by atoms with Crippen molar-refractivity contribution in [3.05, 3.63) is 34.9 Å². The lowest BCUT2D eigenvalue weighted by Crippen LogP contribution is -2.07. The minimum atomic E-state index is -1.03. The van der Waals surface area contributed by atoms with Gasteiger partial charge in [0.15, 0.2) is 0 Å². The number of carbonyl (C=O) groups excluding carboxylic acids is 2. The van der Waals surface area contributed by atoms with Crippen molar-refractivity contribution >= 4 is 23.7 Å². The van der Waals surface area contributed by atoms with Crippen molar-refractivity contribution in [1.29, 1.82) is 0 Å². The number of cyclic esters (lactones) is 3.